The zero-order valence-electron chi connectivity index (χ0n) is 13.4. The van der Waals surface area contributed by atoms with Crippen LogP contribution in [0.25, 0.3) is 0 Å². The molecule has 2 rings (SSSR count). The van der Waals surface area contributed by atoms with Crippen molar-refractivity contribution in [1.29, 1.82) is 0 Å². The highest BCUT2D eigenvalue weighted by atomic mass is 16.3. The van der Waals surface area contributed by atoms with Crippen LogP contribution in [0.15, 0.2) is 18.2 Å². The van der Waals surface area contributed by atoms with Crippen molar-refractivity contribution in [3.8, 4) is 0 Å². The molecule has 0 spiro atoms. The summed E-state index contributed by atoms with van der Waals surface area (Å²) < 4.78 is 0. The molecule has 1 heterocycles. The average molecular weight is 276 g/mol. The Labute approximate surface area is 123 Å². The van der Waals surface area contributed by atoms with Crippen molar-refractivity contribution in [3.05, 3.63) is 34.9 Å². The highest BCUT2D eigenvalue weighted by molar-refractivity contribution is 5.31. The van der Waals surface area contributed by atoms with E-state index in [1.807, 2.05) is 0 Å². The van der Waals surface area contributed by atoms with E-state index in [1.165, 1.54) is 11.1 Å². The number of benzene rings is 1. The van der Waals surface area contributed by atoms with Crippen molar-refractivity contribution in [2.24, 2.45) is 5.92 Å². The van der Waals surface area contributed by atoms with E-state index in [1.54, 1.807) is 0 Å². The van der Waals surface area contributed by atoms with Crippen LogP contribution in [0.1, 0.15) is 29.7 Å². The molecule has 1 saturated heterocycles. The first-order valence-electron chi connectivity index (χ1n) is 7.52. The highest BCUT2D eigenvalue weighted by Gasteiger charge is 2.31. The number of rotatable bonds is 4. The van der Waals surface area contributed by atoms with Gasteiger partial charge in [-0.2, -0.15) is 0 Å². The van der Waals surface area contributed by atoms with E-state index in [4.69, 9.17) is 0 Å². The Kier molecular flexibility index (Phi) is 4.84. The number of hydrogen-bond donors (Lipinski definition) is 1. The van der Waals surface area contributed by atoms with Crippen LogP contribution in [0.5, 0.6) is 0 Å². The number of hydrogen-bond acceptors (Lipinski definition) is 3. The van der Waals surface area contributed by atoms with Gasteiger partial charge in [0, 0.05) is 25.7 Å². The van der Waals surface area contributed by atoms with Crippen molar-refractivity contribution in [2.45, 2.75) is 32.9 Å². The molecule has 0 bridgehead atoms. The van der Waals surface area contributed by atoms with Crippen molar-refractivity contribution >= 4 is 0 Å². The largest absolute Gasteiger partial charge is 0.387 e. The van der Waals surface area contributed by atoms with Gasteiger partial charge in [0.15, 0.2) is 0 Å². The van der Waals surface area contributed by atoms with Crippen molar-refractivity contribution in [1.82, 2.24) is 9.80 Å². The molecule has 1 fully saturated rings. The summed E-state index contributed by atoms with van der Waals surface area (Å²) in [5.74, 6) is 0.664. The molecule has 0 aromatic heterocycles. The Balaban J connectivity index is 1.98. The van der Waals surface area contributed by atoms with Gasteiger partial charge in [0.1, 0.15) is 0 Å². The maximum absolute atomic E-state index is 10.5. The van der Waals surface area contributed by atoms with Gasteiger partial charge in [-0.3, -0.25) is 4.90 Å². The SMILES string of the molecule is Cc1ccc(C(O)CN2CC(C)C(N(C)C)C2)cc1C. The van der Waals surface area contributed by atoms with Gasteiger partial charge in [-0.1, -0.05) is 25.1 Å². The topological polar surface area (TPSA) is 26.7 Å². The third-order valence-electron chi connectivity index (χ3n) is 4.66. The fraction of sp³-hybridized carbons (Fsp3) is 0.647. The first kappa shape index (κ1) is 15.5. The first-order valence-corrected chi connectivity index (χ1v) is 7.52. The quantitative estimate of drug-likeness (QED) is 0.913. The lowest BCUT2D eigenvalue weighted by Gasteiger charge is -2.23. The molecule has 0 amide bonds. The minimum absolute atomic E-state index is 0.387. The highest BCUT2D eigenvalue weighted by Crippen LogP contribution is 2.24. The fourth-order valence-electron chi connectivity index (χ4n) is 3.19. The minimum Gasteiger partial charge on any atom is -0.387 e. The van der Waals surface area contributed by atoms with Crippen LogP contribution in [-0.2, 0) is 0 Å². The number of likely N-dealkylation sites (N-methyl/N-ethyl adjacent to an activating group) is 1. The second kappa shape index (κ2) is 6.25. The van der Waals surface area contributed by atoms with Crippen molar-refractivity contribution in [3.63, 3.8) is 0 Å². The summed E-state index contributed by atoms with van der Waals surface area (Å²) in [5, 5.41) is 10.5. The summed E-state index contributed by atoms with van der Waals surface area (Å²) in [6.45, 7) is 9.37. The van der Waals surface area contributed by atoms with Gasteiger partial charge in [-0.25, -0.2) is 0 Å². The summed E-state index contributed by atoms with van der Waals surface area (Å²) in [4.78, 5) is 4.68. The third-order valence-corrected chi connectivity index (χ3v) is 4.66. The molecule has 1 aliphatic rings. The van der Waals surface area contributed by atoms with Crippen LogP contribution in [0.4, 0.5) is 0 Å². The number of aliphatic hydroxyl groups excluding tert-OH is 1. The Hall–Kier alpha value is -0.900. The second-order valence-corrected chi connectivity index (χ2v) is 6.59. The van der Waals surface area contributed by atoms with Gasteiger partial charge in [-0.05, 0) is 50.6 Å². The lowest BCUT2D eigenvalue weighted by molar-refractivity contribution is 0.121. The van der Waals surface area contributed by atoms with Crippen molar-refractivity contribution in [2.75, 3.05) is 33.7 Å². The average Bonchev–Trinajstić information content (AvgIpc) is 2.73. The molecule has 3 unspecified atom stereocenters. The maximum Gasteiger partial charge on any atom is 0.0917 e. The zero-order valence-corrected chi connectivity index (χ0v) is 13.4. The monoisotopic (exact) mass is 276 g/mol. The fourth-order valence-corrected chi connectivity index (χ4v) is 3.19. The number of β-amino-alcohol motifs (C(OH)–C–C–N with tert-alkyl or cyclic N) is 1. The molecule has 1 aromatic rings. The van der Waals surface area contributed by atoms with E-state index in [0.717, 1.165) is 25.2 Å². The van der Waals surface area contributed by atoms with Gasteiger partial charge >= 0.3 is 0 Å². The van der Waals surface area contributed by atoms with Gasteiger partial charge < -0.3 is 10.0 Å². The smallest absolute Gasteiger partial charge is 0.0917 e. The molecule has 0 saturated carbocycles. The molecule has 3 heteroatoms. The molecule has 3 nitrogen and oxygen atoms in total. The predicted molar refractivity (Wildman–Crippen MR) is 84.0 cm³/mol. The predicted octanol–water partition coefficient (Wildman–Crippen LogP) is 2.22. The second-order valence-electron chi connectivity index (χ2n) is 6.59. The lowest BCUT2D eigenvalue weighted by Crippen LogP contribution is -2.35. The third kappa shape index (κ3) is 3.40. The zero-order chi connectivity index (χ0) is 14.9. The van der Waals surface area contributed by atoms with E-state index in [9.17, 15) is 5.11 Å². The molecule has 1 N–H and O–H groups in total. The van der Waals surface area contributed by atoms with E-state index in [0.29, 0.717) is 12.0 Å². The summed E-state index contributed by atoms with van der Waals surface area (Å²) >= 11 is 0. The van der Waals surface area contributed by atoms with Crippen LogP contribution in [0, 0.1) is 19.8 Å². The molecular weight excluding hydrogens is 248 g/mol. The van der Waals surface area contributed by atoms with E-state index < -0.39 is 0 Å². The maximum atomic E-state index is 10.5. The standard InChI is InChI=1S/C17H28N2O/c1-12-6-7-15(8-13(12)2)17(20)11-19-9-14(3)16(10-19)18(4)5/h6-8,14,16-17,20H,9-11H2,1-5H3. The minimum atomic E-state index is -0.387. The number of aryl methyl sites for hydroxylation is 2. The van der Waals surface area contributed by atoms with Gasteiger partial charge in [0.2, 0.25) is 0 Å². The van der Waals surface area contributed by atoms with Crippen LogP contribution in [0.2, 0.25) is 0 Å². The van der Waals surface area contributed by atoms with E-state index in [2.05, 4.69) is 62.9 Å². The Morgan fingerprint density at radius 1 is 1.25 bits per heavy atom. The van der Waals surface area contributed by atoms with Gasteiger partial charge in [0.05, 0.1) is 6.10 Å². The molecule has 0 radical (unpaired) electrons. The van der Waals surface area contributed by atoms with Gasteiger partial charge in [-0.15, -0.1) is 0 Å². The van der Waals surface area contributed by atoms with Crippen LogP contribution < -0.4 is 0 Å². The van der Waals surface area contributed by atoms with Gasteiger partial charge in [0.25, 0.3) is 0 Å². The summed E-state index contributed by atoms with van der Waals surface area (Å²) in [6, 6.07) is 6.86. The molecule has 1 aromatic carbocycles. The number of aliphatic hydroxyl groups is 1. The van der Waals surface area contributed by atoms with Crippen LogP contribution in [-0.4, -0.2) is 54.7 Å². The normalized spacial score (nSPS) is 25.4. The molecule has 112 valence electrons. The molecular formula is C17H28N2O. The first-order chi connectivity index (χ1) is 9.38. The lowest BCUT2D eigenvalue weighted by atomic mass is 10.0. The number of nitrogens with zero attached hydrogens (tertiary/aromatic N) is 2. The van der Waals surface area contributed by atoms with Crippen molar-refractivity contribution < 1.29 is 5.11 Å². The summed E-state index contributed by atoms with van der Waals surface area (Å²) in [5.41, 5.74) is 3.57. The Morgan fingerprint density at radius 2 is 1.95 bits per heavy atom. The van der Waals surface area contributed by atoms with Crippen LogP contribution >= 0.6 is 0 Å². The van der Waals surface area contributed by atoms with E-state index >= 15 is 0 Å². The molecule has 1 aliphatic heterocycles. The number of likely N-dealkylation sites (tertiary alicyclic amines) is 1. The molecule has 0 aliphatic carbocycles. The Bertz CT molecular complexity index is 458. The summed E-state index contributed by atoms with van der Waals surface area (Å²) in [7, 11) is 4.29. The van der Waals surface area contributed by atoms with E-state index in [-0.39, 0.29) is 6.10 Å². The molecule has 20 heavy (non-hydrogen) atoms. The molecule has 3 atom stereocenters. The van der Waals surface area contributed by atoms with Crippen LogP contribution in [0.3, 0.4) is 0 Å². The Morgan fingerprint density at radius 3 is 2.50 bits per heavy atom. The summed E-state index contributed by atoms with van der Waals surface area (Å²) in [6.07, 6.45) is -0.387.